The van der Waals surface area contributed by atoms with Crippen molar-refractivity contribution < 1.29 is 23.9 Å². The van der Waals surface area contributed by atoms with E-state index in [4.69, 9.17) is 9.47 Å². The van der Waals surface area contributed by atoms with Crippen LogP contribution in [-0.4, -0.2) is 71.3 Å². The van der Waals surface area contributed by atoms with Crippen molar-refractivity contribution in [3.63, 3.8) is 0 Å². The number of ether oxygens (including phenoxy) is 2. The fourth-order valence-corrected chi connectivity index (χ4v) is 6.64. The molecule has 0 spiro atoms. The van der Waals surface area contributed by atoms with Gasteiger partial charge in [0.2, 0.25) is 0 Å². The second kappa shape index (κ2) is 12.0. The van der Waals surface area contributed by atoms with Crippen LogP contribution in [0.4, 0.5) is 9.59 Å². The van der Waals surface area contributed by atoms with Gasteiger partial charge in [-0.1, -0.05) is 18.2 Å². The number of nitrogens with one attached hydrogen (secondary N) is 1. The standard InChI is InChI=1S/C32H45N3O5S/c1-20-17-23(9-10-25(20)22-11-14-34(15-12-22)30(38)40-32(6,7)8)26-18-21(2)27(41-26)28(36)35-16-13-24(19-35)33-29(37)39-31(3,4)5/h9-10,17-18,22,24H,11-16,19H2,1-8H3,(H,33,37)/t24-/m0/s1. The molecule has 2 fully saturated rings. The second-order valence-electron chi connectivity index (χ2n) is 13.3. The van der Waals surface area contributed by atoms with E-state index in [1.807, 2.05) is 58.3 Å². The molecule has 2 aromatic rings. The van der Waals surface area contributed by atoms with E-state index in [0.29, 0.717) is 38.5 Å². The number of amides is 3. The van der Waals surface area contributed by atoms with E-state index in [1.54, 1.807) is 0 Å². The molecule has 41 heavy (non-hydrogen) atoms. The summed E-state index contributed by atoms with van der Waals surface area (Å²) in [6, 6.07) is 8.56. The Bertz CT molecular complexity index is 1280. The maximum absolute atomic E-state index is 13.4. The molecule has 0 radical (unpaired) electrons. The van der Waals surface area contributed by atoms with Gasteiger partial charge in [-0.25, -0.2) is 9.59 Å². The number of nitrogens with zero attached hydrogens (tertiary/aromatic N) is 2. The van der Waals surface area contributed by atoms with Crippen LogP contribution < -0.4 is 5.32 Å². The summed E-state index contributed by atoms with van der Waals surface area (Å²) in [6.07, 6.45) is 1.86. The summed E-state index contributed by atoms with van der Waals surface area (Å²) >= 11 is 1.53. The molecule has 2 aliphatic heterocycles. The molecule has 1 aromatic carbocycles. The van der Waals surface area contributed by atoms with E-state index in [1.165, 1.54) is 22.5 Å². The van der Waals surface area contributed by atoms with E-state index in [9.17, 15) is 14.4 Å². The molecule has 3 heterocycles. The fraction of sp³-hybridized carbons (Fsp3) is 0.594. The Labute approximate surface area is 248 Å². The first-order valence-electron chi connectivity index (χ1n) is 14.6. The van der Waals surface area contributed by atoms with Gasteiger partial charge in [0.1, 0.15) is 11.2 Å². The van der Waals surface area contributed by atoms with Gasteiger partial charge in [-0.3, -0.25) is 4.79 Å². The fourth-order valence-electron chi connectivity index (χ4n) is 5.50. The molecule has 0 bridgehead atoms. The molecule has 2 saturated heterocycles. The summed E-state index contributed by atoms with van der Waals surface area (Å²) in [4.78, 5) is 43.5. The molecule has 1 aromatic heterocycles. The predicted molar refractivity (Wildman–Crippen MR) is 163 cm³/mol. The normalized spacial score (nSPS) is 18.4. The van der Waals surface area contributed by atoms with Gasteiger partial charge in [-0.2, -0.15) is 0 Å². The number of thiophene rings is 1. The van der Waals surface area contributed by atoms with Crippen LogP contribution in [0.25, 0.3) is 10.4 Å². The van der Waals surface area contributed by atoms with Gasteiger partial charge < -0.3 is 24.6 Å². The minimum atomic E-state index is -0.557. The molecular weight excluding hydrogens is 538 g/mol. The van der Waals surface area contributed by atoms with Crippen LogP contribution in [0, 0.1) is 13.8 Å². The third-order valence-electron chi connectivity index (χ3n) is 7.45. The van der Waals surface area contributed by atoms with Gasteiger partial charge in [0, 0.05) is 31.1 Å². The lowest BCUT2D eigenvalue weighted by Gasteiger charge is -2.34. The van der Waals surface area contributed by atoms with Crippen molar-refractivity contribution >= 4 is 29.4 Å². The van der Waals surface area contributed by atoms with E-state index in [2.05, 4.69) is 36.5 Å². The smallest absolute Gasteiger partial charge is 0.410 e. The molecule has 2 aliphatic rings. The zero-order valence-corrected chi connectivity index (χ0v) is 26.6. The van der Waals surface area contributed by atoms with Gasteiger partial charge >= 0.3 is 12.2 Å². The molecule has 0 saturated carbocycles. The Hall–Kier alpha value is -3.07. The first kappa shape index (κ1) is 30.9. The van der Waals surface area contributed by atoms with Crippen LogP contribution >= 0.6 is 11.3 Å². The number of likely N-dealkylation sites (tertiary alicyclic amines) is 2. The van der Waals surface area contributed by atoms with Crippen LogP contribution in [0.5, 0.6) is 0 Å². The first-order valence-corrected chi connectivity index (χ1v) is 15.4. The number of carbonyl (C=O) groups excluding carboxylic acids is 3. The number of hydrogen-bond acceptors (Lipinski definition) is 6. The zero-order valence-electron chi connectivity index (χ0n) is 25.8. The van der Waals surface area contributed by atoms with Crippen molar-refractivity contribution in [3.05, 3.63) is 45.8 Å². The minimum absolute atomic E-state index is 0.0114. The average molecular weight is 584 g/mol. The molecule has 3 amide bonds. The quantitative estimate of drug-likeness (QED) is 0.424. The van der Waals surface area contributed by atoms with Gasteiger partial charge in [-0.05, 0) is 109 Å². The predicted octanol–water partition coefficient (Wildman–Crippen LogP) is 6.89. The van der Waals surface area contributed by atoms with E-state index >= 15 is 0 Å². The number of carbonyl (C=O) groups is 3. The summed E-state index contributed by atoms with van der Waals surface area (Å²) in [5, 5.41) is 2.90. The number of hydrogen-bond donors (Lipinski definition) is 1. The Kier molecular flexibility index (Phi) is 9.07. The first-order chi connectivity index (χ1) is 19.1. The van der Waals surface area contributed by atoms with Crippen LogP contribution in [-0.2, 0) is 9.47 Å². The molecular formula is C32H45N3O5S. The molecule has 224 valence electrons. The molecule has 0 unspecified atom stereocenters. The van der Waals surface area contributed by atoms with Crippen LogP contribution in [0.2, 0.25) is 0 Å². The molecule has 1 N–H and O–H groups in total. The Morgan fingerprint density at radius 2 is 1.49 bits per heavy atom. The van der Waals surface area contributed by atoms with Crippen molar-refractivity contribution in [1.82, 2.24) is 15.1 Å². The molecule has 0 aliphatic carbocycles. The topological polar surface area (TPSA) is 88.2 Å². The third-order valence-corrected chi connectivity index (χ3v) is 8.72. The zero-order chi connectivity index (χ0) is 30.1. The molecule has 1 atom stereocenters. The number of alkyl carbamates (subject to hydrolysis) is 1. The van der Waals surface area contributed by atoms with Gasteiger partial charge in [-0.15, -0.1) is 11.3 Å². The summed E-state index contributed by atoms with van der Waals surface area (Å²) in [7, 11) is 0. The van der Waals surface area contributed by atoms with Crippen molar-refractivity contribution in [2.24, 2.45) is 0 Å². The number of rotatable bonds is 4. The van der Waals surface area contributed by atoms with Crippen LogP contribution in [0.15, 0.2) is 24.3 Å². The summed E-state index contributed by atoms with van der Waals surface area (Å²) in [5.74, 6) is 0.416. The van der Waals surface area contributed by atoms with Crippen LogP contribution in [0.1, 0.15) is 93.1 Å². The Morgan fingerprint density at radius 1 is 0.854 bits per heavy atom. The highest BCUT2D eigenvalue weighted by atomic mass is 32.1. The maximum atomic E-state index is 13.4. The lowest BCUT2D eigenvalue weighted by Crippen LogP contribution is -2.41. The van der Waals surface area contributed by atoms with E-state index in [-0.39, 0.29) is 18.0 Å². The highest BCUT2D eigenvalue weighted by molar-refractivity contribution is 7.17. The van der Waals surface area contributed by atoms with E-state index < -0.39 is 17.3 Å². The third kappa shape index (κ3) is 8.03. The largest absolute Gasteiger partial charge is 0.444 e. The average Bonchev–Trinajstić information content (AvgIpc) is 3.48. The second-order valence-corrected chi connectivity index (χ2v) is 14.4. The molecule has 9 heteroatoms. The Balaban J connectivity index is 1.37. The summed E-state index contributed by atoms with van der Waals surface area (Å²) in [5.41, 5.74) is 3.58. The van der Waals surface area contributed by atoms with Crippen molar-refractivity contribution in [3.8, 4) is 10.4 Å². The number of benzene rings is 1. The highest BCUT2D eigenvalue weighted by Crippen LogP contribution is 2.37. The van der Waals surface area contributed by atoms with Gasteiger partial charge in [0.15, 0.2) is 0 Å². The molecule has 4 rings (SSSR count). The summed E-state index contributed by atoms with van der Waals surface area (Å²) in [6.45, 7) is 17.8. The summed E-state index contributed by atoms with van der Waals surface area (Å²) < 4.78 is 10.9. The lowest BCUT2D eigenvalue weighted by molar-refractivity contribution is 0.0204. The van der Waals surface area contributed by atoms with Crippen molar-refractivity contribution in [2.45, 2.75) is 97.8 Å². The monoisotopic (exact) mass is 583 g/mol. The maximum Gasteiger partial charge on any atom is 0.410 e. The van der Waals surface area contributed by atoms with Gasteiger partial charge in [0.25, 0.3) is 5.91 Å². The number of piperidine rings is 1. The highest BCUT2D eigenvalue weighted by Gasteiger charge is 2.31. The van der Waals surface area contributed by atoms with Crippen molar-refractivity contribution in [2.75, 3.05) is 26.2 Å². The van der Waals surface area contributed by atoms with E-state index in [0.717, 1.165) is 33.7 Å². The van der Waals surface area contributed by atoms with Crippen LogP contribution in [0.3, 0.4) is 0 Å². The van der Waals surface area contributed by atoms with Gasteiger partial charge in [0.05, 0.1) is 10.9 Å². The number of aryl methyl sites for hydroxylation is 2. The Morgan fingerprint density at radius 3 is 2.10 bits per heavy atom. The molecule has 8 nitrogen and oxygen atoms in total. The van der Waals surface area contributed by atoms with Crippen molar-refractivity contribution in [1.29, 1.82) is 0 Å². The SMILES string of the molecule is Cc1cc(-c2cc(C)c(C(=O)N3CC[C@H](NC(=O)OC(C)(C)C)C3)s2)ccc1C1CCN(C(=O)OC(C)(C)C)CC1. The lowest BCUT2D eigenvalue weighted by atomic mass is 9.86. The minimum Gasteiger partial charge on any atom is -0.444 e.